The quantitative estimate of drug-likeness (QED) is 0.533. The smallest absolute Gasteiger partial charge is 0.255 e. The van der Waals surface area contributed by atoms with Gasteiger partial charge in [0.2, 0.25) is 11.8 Å². The lowest BCUT2D eigenvalue weighted by Crippen LogP contribution is -2.40. The van der Waals surface area contributed by atoms with E-state index in [0.717, 1.165) is 25.9 Å². The van der Waals surface area contributed by atoms with Gasteiger partial charge in [-0.25, -0.2) is 4.98 Å². The maximum atomic E-state index is 13.0. The average molecular weight is 527 g/mol. The number of rotatable bonds is 9. The lowest BCUT2D eigenvalue weighted by atomic mass is 9.99. The number of aromatic nitrogens is 1. The van der Waals surface area contributed by atoms with Crippen LogP contribution in [0, 0.1) is 5.92 Å². The molecular formula is C23H28Cl2N4O4S. The number of amides is 3. The third-order valence-electron chi connectivity index (χ3n) is 5.62. The van der Waals surface area contributed by atoms with Gasteiger partial charge >= 0.3 is 0 Å². The van der Waals surface area contributed by atoms with Crippen LogP contribution in [-0.4, -0.2) is 72.4 Å². The van der Waals surface area contributed by atoms with Crippen LogP contribution in [0.1, 0.15) is 35.8 Å². The highest BCUT2D eigenvalue weighted by atomic mass is 35.5. The number of nitrogens with one attached hydrogen (secondary N) is 1. The van der Waals surface area contributed by atoms with E-state index in [-0.39, 0.29) is 42.6 Å². The van der Waals surface area contributed by atoms with Crippen LogP contribution in [0.2, 0.25) is 10.0 Å². The van der Waals surface area contributed by atoms with Gasteiger partial charge in [0.25, 0.3) is 5.91 Å². The Labute approximate surface area is 213 Å². The van der Waals surface area contributed by atoms with Gasteiger partial charge in [0.05, 0.1) is 29.3 Å². The Balaban J connectivity index is 1.58. The minimum atomic E-state index is -0.410. The zero-order chi connectivity index (χ0) is 24.7. The molecule has 1 aromatic heterocycles. The van der Waals surface area contributed by atoms with Crippen LogP contribution in [-0.2, 0) is 20.7 Å². The Bertz CT molecular complexity index is 1020. The van der Waals surface area contributed by atoms with Crippen molar-refractivity contribution in [1.82, 2.24) is 14.8 Å². The van der Waals surface area contributed by atoms with Crippen molar-refractivity contribution in [2.45, 2.75) is 26.2 Å². The van der Waals surface area contributed by atoms with Crippen molar-refractivity contribution in [3.8, 4) is 0 Å². The molecule has 3 amide bonds. The Morgan fingerprint density at radius 1 is 1.26 bits per heavy atom. The monoisotopic (exact) mass is 526 g/mol. The highest BCUT2D eigenvalue weighted by Gasteiger charge is 2.23. The number of hydrogen-bond acceptors (Lipinski definition) is 6. The van der Waals surface area contributed by atoms with Gasteiger partial charge in [-0.1, -0.05) is 30.1 Å². The fraction of sp³-hybridized carbons (Fsp3) is 0.478. The first-order valence-electron chi connectivity index (χ1n) is 11.0. The molecule has 0 radical (unpaired) electrons. The van der Waals surface area contributed by atoms with Crippen LogP contribution >= 0.6 is 34.5 Å². The topological polar surface area (TPSA) is 91.8 Å². The van der Waals surface area contributed by atoms with Crippen LogP contribution in [0.4, 0.5) is 5.13 Å². The number of benzene rings is 1. The van der Waals surface area contributed by atoms with Gasteiger partial charge in [-0.2, -0.15) is 0 Å². The predicted molar refractivity (Wildman–Crippen MR) is 134 cm³/mol. The normalized spacial score (nSPS) is 14.2. The molecule has 0 saturated carbocycles. The molecular weight excluding hydrogens is 499 g/mol. The average Bonchev–Trinajstić information content (AvgIpc) is 3.23. The van der Waals surface area contributed by atoms with E-state index in [4.69, 9.17) is 27.9 Å². The molecule has 0 atom stereocenters. The fourth-order valence-corrected chi connectivity index (χ4v) is 4.81. The molecule has 184 valence electrons. The number of thiazole rings is 1. The van der Waals surface area contributed by atoms with Gasteiger partial charge in [-0.15, -0.1) is 11.3 Å². The molecule has 1 aliphatic rings. The second kappa shape index (κ2) is 12.5. The summed E-state index contributed by atoms with van der Waals surface area (Å²) in [6.45, 7) is 4.00. The van der Waals surface area contributed by atoms with Crippen LogP contribution in [0.25, 0.3) is 0 Å². The summed E-state index contributed by atoms with van der Waals surface area (Å²) in [5, 5.41) is 5.48. The number of piperidine rings is 1. The number of hydrogen-bond donors (Lipinski definition) is 1. The maximum Gasteiger partial charge on any atom is 0.255 e. The van der Waals surface area contributed by atoms with E-state index in [1.54, 1.807) is 11.4 Å². The number of halogens is 2. The van der Waals surface area contributed by atoms with Crippen LogP contribution in [0.5, 0.6) is 0 Å². The minimum Gasteiger partial charge on any atom is -0.383 e. The lowest BCUT2D eigenvalue weighted by Gasteiger charge is -2.30. The van der Waals surface area contributed by atoms with Crippen LogP contribution in [0.15, 0.2) is 23.6 Å². The first-order chi connectivity index (χ1) is 16.3. The number of carbonyl (C=O) groups is 3. The standard InChI is InChI=1S/C23H28Cl2N4O4S/c1-15-5-7-28(8-6-15)21(31)12-17-14-34-23(26-17)27-20(30)13-29(9-10-33-2)22(32)18-4-3-16(24)11-19(18)25/h3-4,11,14-15H,5-10,12-13H2,1-2H3,(H,26,27,30). The van der Waals surface area contributed by atoms with Crippen LogP contribution < -0.4 is 5.32 Å². The van der Waals surface area contributed by atoms with E-state index in [1.807, 2.05) is 4.90 Å². The molecule has 0 aliphatic carbocycles. The molecule has 1 fully saturated rings. The maximum absolute atomic E-state index is 13.0. The minimum absolute atomic E-state index is 0.0475. The molecule has 0 unspecified atom stereocenters. The van der Waals surface area contributed by atoms with Crippen molar-refractivity contribution < 1.29 is 19.1 Å². The Morgan fingerprint density at radius 2 is 2.00 bits per heavy atom. The third kappa shape index (κ3) is 7.40. The van der Waals surface area contributed by atoms with Crippen molar-refractivity contribution in [2.24, 2.45) is 5.92 Å². The van der Waals surface area contributed by atoms with Gasteiger partial charge in [0.15, 0.2) is 5.13 Å². The summed E-state index contributed by atoms with van der Waals surface area (Å²) in [5.41, 5.74) is 0.862. The predicted octanol–water partition coefficient (Wildman–Crippen LogP) is 3.98. The number of carbonyl (C=O) groups excluding carboxylic acids is 3. The van der Waals surface area contributed by atoms with E-state index in [9.17, 15) is 14.4 Å². The molecule has 1 aromatic carbocycles. The molecule has 8 nitrogen and oxygen atoms in total. The Morgan fingerprint density at radius 3 is 2.68 bits per heavy atom. The second-order valence-electron chi connectivity index (χ2n) is 8.28. The van der Waals surface area contributed by atoms with Gasteiger partial charge in [0, 0.05) is 37.1 Å². The molecule has 1 saturated heterocycles. The van der Waals surface area contributed by atoms with E-state index >= 15 is 0 Å². The summed E-state index contributed by atoms with van der Waals surface area (Å²) in [7, 11) is 1.51. The zero-order valence-electron chi connectivity index (χ0n) is 19.2. The van der Waals surface area contributed by atoms with E-state index in [2.05, 4.69) is 17.2 Å². The first-order valence-corrected chi connectivity index (χ1v) is 12.7. The van der Waals surface area contributed by atoms with Crippen LogP contribution in [0.3, 0.4) is 0 Å². The molecule has 3 rings (SSSR count). The number of likely N-dealkylation sites (tertiary alicyclic amines) is 1. The highest BCUT2D eigenvalue weighted by Crippen LogP contribution is 2.23. The Hall–Kier alpha value is -2.20. The van der Waals surface area contributed by atoms with Gasteiger partial charge in [0.1, 0.15) is 6.54 Å². The van der Waals surface area contributed by atoms with Crippen molar-refractivity contribution in [1.29, 1.82) is 0 Å². The lowest BCUT2D eigenvalue weighted by molar-refractivity contribution is -0.131. The molecule has 11 heteroatoms. The SMILES string of the molecule is COCCN(CC(=O)Nc1nc(CC(=O)N2CCC(C)CC2)cs1)C(=O)c1ccc(Cl)cc1Cl. The summed E-state index contributed by atoms with van der Waals surface area (Å²) in [6.07, 6.45) is 2.24. The molecule has 34 heavy (non-hydrogen) atoms. The van der Waals surface area contributed by atoms with Gasteiger partial charge in [-0.3, -0.25) is 14.4 Å². The zero-order valence-corrected chi connectivity index (χ0v) is 21.5. The largest absolute Gasteiger partial charge is 0.383 e. The number of methoxy groups -OCH3 is 1. The third-order valence-corrected chi connectivity index (χ3v) is 6.97. The second-order valence-corrected chi connectivity index (χ2v) is 9.98. The molecule has 0 bridgehead atoms. The summed E-state index contributed by atoms with van der Waals surface area (Å²) in [5.74, 6) is -0.121. The fourth-order valence-electron chi connectivity index (χ4n) is 3.59. The Kier molecular flexibility index (Phi) is 9.70. The van der Waals surface area contributed by atoms with Crippen molar-refractivity contribution in [2.75, 3.05) is 45.2 Å². The molecule has 2 heterocycles. The van der Waals surface area contributed by atoms with E-state index in [0.29, 0.717) is 21.8 Å². The summed E-state index contributed by atoms with van der Waals surface area (Å²) in [6, 6.07) is 4.57. The van der Waals surface area contributed by atoms with E-state index < -0.39 is 11.8 Å². The number of ether oxygens (including phenoxy) is 1. The van der Waals surface area contributed by atoms with E-state index in [1.165, 1.54) is 35.5 Å². The van der Waals surface area contributed by atoms with Gasteiger partial charge in [-0.05, 0) is 37.0 Å². The summed E-state index contributed by atoms with van der Waals surface area (Å²) < 4.78 is 5.08. The van der Waals surface area contributed by atoms with Crippen molar-refractivity contribution >= 4 is 57.4 Å². The first kappa shape index (κ1) is 26.4. The number of nitrogens with zero attached hydrogens (tertiary/aromatic N) is 3. The molecule has 1 N–H and O–H groups in total. The van der Waals surface area contributed by atoms with Crippen molar-refractivity contribution in [3.63, 3.8) is 0 Å². The van der Waals surface area contributed by atoms with Crippen molar-refractivity contribution in [3.05, 3.63) is 44.9 Å². The molecule has 0 spiro atoms. The molecule has 1 aliphatic heterocycles. The summed E-state index contributed by atoms with van der Waals surface area (Å²) >= 11 is 13.3. The highest BCUT2D eigenvalue weighted by molar-refractivity contribution is 7.13. The summed E-state index contributed by atoms with van der Waals surface area (Å²) in [4.78, 5) is 45.8. The van der Waals surface area contributed by atoms with Gasteiger partial charge < -0.3 is 19.9 Å². The molecule has 2 aromatic rings. The number of anilines is 1.